The summed E-state index contributed by atoms with van der Waals surface area (Å²) in [6, 6.07) is 5.81. The van der Waals surface area contributed by atoms with Gasteiger partial charge in [-0.2, -0.15) is 0 Å². The molecule has 1 aromatic heterocycles. The van der Waals surface area contributed by atoms with E-state index < -0.39 is 0 Å². The van der Waals surface area contributed by atoms with E-state index in [2.05, 4.69) is 9.88 Å². The topological polar surface area (TPSA) is 53.5 Å². The summed E-state index contributed by atoms with van der Waals surface area (Å²) in [5, 5.41) is 0. The Bertz CT molecular complexity index is 589. The van der Waals surface area contributed by atoms with Crippen LogP contribution < -0.4 is 0 Å². The van der Waals surface area contributed by atoms with Crippen LogP contribution in [0.1, 0.15) is 36.2 Å². The van der Waals surface area contributed by atoms with Crippen molar-refractivity contribution in [2.45, 2.75) is 31.7 Å². The molecular formula is C17H21N3O2. The number of hydrogen-bond acceptors (Lipinski definition) is 3. The fourth-order valence-corrected chi connectivity index (χ4v) is 4.43. The van der Waals surface area contributed by atoms with Crippen LogP contribution in [-0.4, -0.2) is 52.3 Å². The maximum absolute atomic E-state index is 12.6. The van der Waals surface area contributed by atoms with Crippen molar-refractivity contribution in [3.05, 3.63) is 30.1 Å². The molecule has 0 spiro atoms. The number of rotatable bonds is 1. The van der Waals surface area contributed by atoms with Crippen LogP contribution in [0.2, 0.25) is 0 Å². The molecule has 1 aromatic rings. The van der Waals surface area contributed by atoms with Crippen molar-refractivity contribution in [2.75, 3.05) is 19.6 Å². The normalized spacial score (nSPS) is 30.9. The Hall–Kier alpha value is -1.91. The Balaban J connectivity index is 1.53. The SMILES string of the molecule is O=C(c1ccccn1)N1CC2CC(C1)[C@H]1CCCC(=O)N1C2. The Morgan fingerprint density at radius 1 is 1.23 bits per heavy atom. The second-order valence-corrected chi connectivity index (χ2v) is 6.79. The minimum atomic E-state index is 0.0332. The van der Waals surface area contributed by atoms with Crippen LogP contribution in [0.4, 0.5) is 0 Å². The van der Waals surface area contributed by atoms with Crippen molar-refractivity contribution in [3.63, 3.8) is 0 Å². The Kier molecular flexibility index (Phi) is 3.36. The van der Waals surface area contributed by atoms with Gasteiger partial charge in [-0.1, -0.05) is 6.07 Å². The molecule has 5 heteroatoms. The molecule has 5 nitrogen and oxygen atoms in total. The zero-order valence-corrected chi connectivity index (χ0v) is 12.6. The van der Waals surface area contributed by atoms with E-state index in [9.17, 15) is 9.59 Å². The average Bonchev–Trinajstić information content (AvgIpc) is 2.56. The van der Waals surface area contributed by atoms with Crippen molar-refractivity contribution in [1.29, 1.82) is 0 Å². The number of nitrogens with zero attached hydrogens (tertiary/aromatic N) is 3. The Morgan fingerprint density at radius 3 is 2.95 bits per heavy atom. The zero-order valence-electron chi connectivity index (χ0n) is 12.6. The Labute approximate surface area is 130 Å². The molecule has 3 fully saturated rings. The molecule has 3 aliphatic rings. The summed E-state index contributed by atoms with van der Waals surface area (Å²) in [7, 11) is 0. The summed E-state index contributed by atoms with van der Waals surface area (Å²) in [5.41, 5.74) is 0.527. The van der Waals surface area contributed by atoms with Crippen LogP contribution in [-0.2, 0) is 4.79 Å². The molecule has 3 atom stereocenters. The number of likely N-dealkylation sites (tertiary alicyclic amines) is 1. The molecule has 2 amide bonds. The number of piperidine rings is 3. The third-order valence-corrected chi connectivity index (χ3v) is 5.35. The van der Waals surface area contributed by atoms with E-state index in [1.165, 1.54) is 0 Å². The van der Waals surface area contributed by atoms with E-state index in [0.29, 0.717) is 35.9 Å². The van der Waals surface area contributed by atoms with Crippen molar-refractivity contribution in [3.8, 4) is 0 Å². The van der Waals surface area contributed by atoms with Crippen molar-refractivity contribution >= 4 is 11.8 Å². The second-order valence-electron chi connectivity index (χ2n) is 6.79. The lowest BCUT2D eigenvalue weighted by Crippen LogP contribution is -2.61. The Morgan fingerprint density at radius 2 is 2.14 bits per heavy atom. The van der Waals surface area contributed by atoms with Gasteiger partial charge < -0.3 is 9.80 Å². The molecule has 116 valence electrons. The van der Waals surface area contributed by atoms with Gasteiger partial charge in [0.2, 0.25) is 5.91 Å². The lowest BCUT2D eigenvalue weighted by atomic mass is 9.76. The third kappa shape index (κ3) is 2.28. The lowest BCUT2D eigenvalue weighted by molar-refractivity contribution is -0.144. The number of hydrogen-bond donors (Lipinski definition) is 0. The van der Waals surface area contributed by atoms with E-state index in [-0.39, 0.29) is 5.91 Å². The predicted octanol–water partition coefficient (Wildman–Crippen LogP) is 1.55. The fraction of sp³-hybridized carbons (Fsp3) is 0.588. The van der Waals surface area contributed by atoms with Crippen molar-refractivity contribution in [2.24, 2.45) is 11.8 Å². The number of amides is 2. The number of fused-ring (bicyclic) bond motifs is 4. The van der Waals surface area contributed by atoms with Crippen molar-refractivity contribution < 1.29 is 9.59 Å². The molecule has 0 aromatic carbocycles. The standard InChI is InChI=1S/C17H21N3O2/c21-16-6-3-5-15-13-8-12(10-20(15)16)9-19(11-13)17(22)14-4-1-2-7-18-14/h1-2,4,7,12-13,15H,3,5-6,8-11H2/t12?,13?,15-/m1/s1. The molecule has 2 unspecified atom stereocenters. The van der Waals surface area contributed by atoms with E-state index >= 15 is 0 Å². The van der Waals surface area contributed by atoms with Gasteiger partial charge in [0.05, 0.1) is 0 Å². The highest BCUT2D eigenvalue weighted by atomic mass is 16.2. The quantitative estimate of drug-likeness (QED) is 0.790. The van der Waals surface area contributed by atoms with Gasteiger partial charge in [-0.15, -0.1) is 0 Å². The number of aromatic nitrogens is 1. The van der Waals surface area contributed by atoms with Gasteiger partial charge in [0, 0.05) is 38.3 Å². The van der Waals surface area contributed by atoms with Crippen molar-refractivity contribution in [1.82, 2.24) is 14.8 Å². The highest BCUT2D eigenvalue weighted by molar-refractivity contribution is 5.92. The summed E-state index contributed by atoms with van der Waals surface area (Å²) in [6.07, 6.45) is 5.61. The molecule has 2 bridgehead atoms. The van der Waals surface area contributed by atoms with Crippen LogP contribution in [0.5, 0.6) is 0 Å². The van der Waals surface area contributed by atoms with Gasteiger partial charge in [0.1, 0.15) is 5.69 Å². The minimum Gasteiger partial charge on any atom is -0.339 e. The maximum atomic E-state index is 12.6. The molecule has 4 heterocycles. The first-order chi connectivity index (χ1) is 10.7. The highest BCUT2D eigenvalue weighted by Gasteiger charge is 2.44. The van der Waals surface area contributed by atoms with Crippen LogP contribution in [0.25, 0.3) is 0 Å². The molecule has 0 aliphatic carbocycles. The molecular weight excluding hydrogens is 278 g/mol. The van der Waals surface area contributed by atoms with Crippen LogP contribution in [0.3, 0.4) is 0 Å². The summed E-state index contributed by atoms with van der Waals surface area (Å²) in [6.45, 7) is 2.34. The number of carbonyl (C=O) groups excluding carboxylic acids is 2. The number of pyridine rings is 1. The van der Waals surface area contributed by atoms with Crippen LogP contribution in [0.15, 0.2) is 24.4 Å². The first kappa shape index (κ1) is 13.7. The minimum absolute atomic E-state index is 0.0332. The second kappa shape index (κ2) is 5.38. The summed E-state index contributed by atoms with van der Waals surface area (Å²) < 4.78 is 0. The molecule has 0 N–H and O–H groups in total. The molecule has 4 rings (SSSR count). The van der Waals surface area contributed by atoms with Gasteiger partial charge in [-0.05, 0) is 43.2 Å². The first-order valence-electron chi connectivity index (χ1n) is 8.22. The fourth-order valence-electron chi connectivity index (χ4n) is 4.43. The van der Waals surface area contributed by atoms with Gasteiger partial charge in [0.15, 0.2) is 0 Å². The largest absolute Gasteiger partial charge is 0.339 e. The summed E-state index contributed by atoms with van der Waals surface area (Å²) >= 11 is 0. The number of carbonyl (C=O) groups is 2. The predicted molar refractivity (Wildman–Crippen MR) is 81.1 cm³/mol. The van der Waals surface area contributed by atoms with Gasteiger partial charge >= 0.3 is 0 Å². The molecule has 3 aliphatic heterocycles. The smallest absolute Gasteiger partial charge is 0.272 e. The maximum Gasteiger partial charge on any atom is 0.272 e. The monoisotopic (exact) mass is 299 g/mol. The average molecular weight is 299 g/mol. The van der Waals surface area contributed by atoms with E-state index in [4.69, 9.17) is 0 Å². The molecule has 0 radical (unpaired) electrons. The zero-order chi connectivity index (χ0) is 15.1. The van der Waals surface area contributed by atoms with Gasteiger partial charge in [-0.25, -0.2) is 0 Å². The summed E-state index contributed by atoms with van der Waals surface area (Å²) in [4.78, 5) is 33.0. The summed E-state index contributed by atoms with van der Waals surface area (Å²) in [5.74, 6) is 1.20. The van der Waals surface area contributed by atoms with Gasteiger partial charge in [0.25, 0.3) is 5.91 Å². The van der Waals surface area contributed by atoms with E-state index in [0.717, 1.165) is 38.9 Å². The molecule has 0 saturated carbocycles. The first-order valence-corrected chi connectivity index (χ1v) is 8.22. The van der Waals surface area contributed by atoms with Gasteiger partial charge in [-0.3, -0.25) is 14.6 Å². The van der Waals surface area contributed by atoms with E-state index in [1.54, 1.807) is 12.3 Å². The highest BCUT2D eigenvalue weighted by Crippen LogP contribution is 2.38. The van der Waals surface area contributed by atoms with Crippen LogP contribution in [0, 0.1) is 11.8 Å². The third-order valence-electron chi connectivity index (χ3n) is 5.35. The molecule has 22 heavy (non-hydrogen) atoms. The van der Waals surface area contributed by atoms with Crippen LogP contribution >= 0.6 is 0 Å². The molecule has 3 saturated heterocycles. The van der Waals surface area contributed by atoms with E-state index in [1.807, 2.05) is 17.0 Å². The lowest BCUT2D eigenvalue weighted by Gasteiger charge is -2.52.